The molecule has 2 heterocycles. The SMILES string of the molecule is CN1CCN(c2ccc(F)cc2)c2cc(-n3ncccc3=O)ccc2C1. The summed E-state index contributed by atoms with van der Waals surface area (Å²) >= 11 is 0. The Morgan fingerprint density at radius 3 is 2.54 bits per heavy atom. The van der Waals surface area contributed by atoms with Crippen molar-refractivity contribution in [2.75, 3.05) is 25.0 Å². The number of fused-ring (bicyclic) bond motifs is 1. The van der Waals surface area contributed by atoms with Gasteiger partial charge in [-0.15, -0.1) is 0 Å². The maximum atomic E-state index is 13.3. The lowest BCUT2D eigenvalue weighted by atomic mass is 10.1. The standard InChI is InChI=1S/C20H19FN4O/c1-23-11-12-24(17-8-5-16(21)6-9-17)19-13-18(7-4-15(19)14-23)25-20(26)3-2-10-22-25/h2-10,13H,11-12,14H2,1H3. The molecule has 0 radical (unpaired) electrons. The highest BCUT2D eigenvalue weighted by atomic mass is 19.1. The van der Waals surface area contributed by atoms with Gasteiger partial charge >= 0.3 is 0 Å². The molecule has 0 spiro atoms. The molecule has 1 aromatic heterocycles. The van der Waals surface area contributed by atoms with E-state index >= 15 is 0 Å². The molecule has 4 rings (SSSR count). The van der Waals surface area contributed by atoms with E-state index in [1.165, 1.54) is 22.9 Å². The van der Waals surface area contributed by atoms with Crippen molar-refractivity contribution in [1.29, 1.82) is 0 Å². The minimum absolute atomic E-state index is 0.175. The number of halogens is 1. The molecular weight excluding hydrogens is 331 g/mol. The minimum Gasteiger partial charge on any atom is -0.340 e. The zero-order valence-corrected chi connectivity index (χ0v) is 14.5. The predicted octanol–water partition coefficient (Wildman–Crippen LogP) is 2.96. The molecular formula is C20H19FN4O. The highest BCUT2D eigenvalue weighted by molar-refractivity contribution is 5.69. The second-order valence-corrected chi connectivity index (χ2v) is 6.45. The summed E-state index contributed by atoms with van der Waals surface area (Å²) in [6, 6.07) is 15.5. The van der Waals surface area contributed by atoms with Gasteiger partial charge in [0.05, 0.1) is 5.69 Å². The van der Waals surface area contributed by atoms with Crippen LogP contribution in [0.5, 0.6) is 0 Å². The van der Waals surface area contributed by atoms with Crippen molar-refractivity contribution in [2.45, 2.75) is 6.54 Å². The lowest BCUT2D eigenvalue weighted by Crippen LogP contribution is -2.26. The number of anilines is 2. The summed E-state index contributed by atoms with van der Waals surface area (Å²) in [5.74, 6) is -0.255. The molecule has 26 heavy (non-hydrogen) atoms. The Balaban J connectivity index is 1.85. The first-order valence-electron chi connectivity index (χ1n) is 8.51. The summed E-state index contributed by atoms with van der Waals surface area (Å²) in [5.41, 5.74) is 3.63. The van der Waals surface area contributed by atoms with Gasteiger partial charge in [0.15, 0.2) is 0 Å². The summed E-state index contributed by atoms with van der Waals surface area (Å²) in [7, 11) is 2.08. The first-order chi connectivity index (χ1) is 12.6. The van der Waals surface area contributed by atoms with Crippen LogP contribution < -0.4 is 10.5 Å². The van der Waals surface area contributed by atoms with Crippen LogP contribution in [0.25, 0.3) is 5.69 Å². The fourth-order valence-electron chi connectivity index (χ4n) is 3.27. The summed E-state index contributed by atoms with van der Waals surface area (Å²) in [6.45, 7) is 2.46. The largest absolute Gasteiger partial charge is 0.340 e. The first-order valence-corrected chi connectivity index (χ1v) is 8.51. The highest BCUT2D eigenvalue weighted by Gasteiger charge is 2.20. The minimum atomic E-state index is -0.255. The summed E-state index contributed by atoms with van der Waals surface area (Å²) in [4.78, 5) is 16.5. The van der Waals surface area contributed by atoms with Crippen LogP contribution in [0.15, 0.2) is 65.6 Å². The third kappa shape index (κ3) is 3.11. The average Bonchev–Trinajstić information content (AvgIpc) is 2.81. The van der Waals surface area contributed by atoms with Crippen LogP contribution in [0.2, 0.25) is 0 Å². The van der Waals surface area contributed by atoms with Crippen molar-refractivity contribution >= 4 is 11.4 Å². The van der Waals surface area contributed by atoms with Gasteiger partial charge in [0.25, 0.3) is 5.56 Å². The van der Waals surface area contributed by atoms with Crippen molar-refractivity contribution in [3.8, 4) is 5.69 Å². The molecule has 1 aliphatic heterocycles. The Morgan fingerprint density at radius 2 is 1.77 bits per heavy atom. The normalized spacial score (nSPS) is 14.8. The third-order valence-electron chi connectivity index (χ3n) is 4.60. The summed E-state index contributed by atoms with van der Waals surface area (Å²) in [5, 5.41) is 4.17. The zero-order valence-electron chi connectivity index (χ0n) is 14.5. The number of benzene rings is 2. The fourth-order valence-corrected chi connectivity index (χ4v) is 3.27. The van der Waals surface area contributed by atoms with Crippen molar-refractivity contribution < 1.29 is 4.39 Å². The smallest absolute Gasteiger partial charge is 0.271 e. The van der Waals surface area contributed by atoms with E-state index in [2.05, 4.69) is 21.9 Å². The van der Waals surface area contributed by atoms with Gasteiger partial charge in [0, 0.05) is 43.3 Å². The van der Waals surface area contributed by atoms with Gasteiger partial charge in [-0.1, -0.05) is 6.07 Å². The van der Waals surface area contributed by atoms with Gasteiger partial charge in [0.1, 0.15) is 5.82 Å². The van der Waals surface area contributed by atoms with Gasteiger partial charge in [-0.2, -0.15) is 9.78 Å². The van der Waals surface area contributed by atoms with Crippen LogP contribution >= 0.6 is 0 Å². The number of hydrogen-bond donors (Lipinski definition) is 0. The van der Waals surface area contributed by atoms with Crippen molar-refractivity contribution in [3.63, 3.8) is 0 Å². The lowest BCUT2D eigenvalue weighted by Gasteiger charge is -2.25. The Kier molecular flexibility index (Phi) is 4.26. The lowest BCUT2D eigenvalue weighted by molar-refractivity contribution is 0.343. The molecule has 0 amide bonds. The van der Waals surface area contributed by atoms with Crippen LogP contribution in [0.3, 0.4) is 0 Å². The number of aromatic nitrogens is 2. The molecule has 0 saturated heterocycles. The number of hydrogen-bond acceptors (Lipinski definition) is 4. The van der Waals surface area contributed by atoms with E-state index in [1.807, 2.05) is 18.2 Å². The molecule has 0 aliphatic carbocycles. The molecule has 1 aliphatic rings. The van der Waals surface area contributed by atoms with Crippen molar-refractivity contribution in [3.05, 3.63) is 82.5 Å². The van der Waals surface area contributed by atoms with Crippen molar-refractivity contribution in [2.24, 2.45) is 0 Å². The Labute approximate surface area is 150 Å². The first kappa shape index (κ1) is 16.5. The van der Waals surface area contributed by atoms with Gasteiger partial charge in [-0.25, -0.2) is 4.39 Å². The Hall–Kier alpha value is -2.99. The highest BCUT2D eigenvalue weighted by Crippen LogP contribution is 2.33. The van der Waals surface area contributed by atoms with E-state index in [-0.39, 0.29) is 11.4 Å². The van der Waals surface area contributed by atoms with Crippen LogP contribution in [-0.2, 0) is 6.54 Å². The molecule has 0 saturated carbocycles. The summed E-state index contributed by atoms with van der Waals surface area (Å²) < 4.78 is 14.7. The van der Waals surface area contributed by atoms with E-state index in [1.54, 1.807) is 24.4 Å². The van der Waals surface area contributed by atoms with Crippen LogP contribution in [0, 0.1) is 5.82 Å². The Morgan fingerprint density at radius 1 is 1.00 bits per heavy atom. The quantitative estimate of drug-likeness (QED) is 0.713. The topological polar surface area (TPSA) is 41.4 Å². The molecule has 0 unspecified atom stereocenters. The van der Waals surface area contributed by atoms with E-state index in [9.17, 15) is 9.18 Å². The maximum Gasteiger partial charge on any atom is 0.271 e. The molecule has 5 nitrogen and oxygen atoms in total. The van der Waals surface area contributed by atoms with Gasteiger partial charge in [0.2, 0.25) is 0 Å². The molecule has 0 N–H and O–H groups in total. The monoisotopic (exact) mass is 350 g/mol. The van der Waals surface area contributed by atoms with E-state index in [0.717, 1.165) is 36.6 Å². The second-order valence-electron chi connectivity index (χ2n) is 6.45. The van der Waals surface area contributed by atoms with Crippen molar-refractivity contribution in [1.82, 2.24) is 14.7 Å². The van der Waals surface area contributed by atoms with Crippen LogP contribution in [0.1, 0.15) is 5.56 Å². The van der Waals surface area contributed by atoms with E-state index in [0.29, 0.717) is 5.69 Å². The predicted molar refractivity (Wildman–Crippen MR) is 99.6 cm³/mol. The number of nitrogens with zero attached hydrogens (tertiary/aromatic N) is 4. The maximum absolute atomic E-state index is 13.3. The summed E-state index contributed by atoms with van der Waals surface area (Å²) in [6.07, 6.45) is 1.60. The third-order valence-corrected chi connectivity index (χ3v) is 4.60. The molecule has 3 aromatic rings. The second kappa shape index (κ2) is 6.72. The molecule has 0 atom stereocenters. The molecule has 6 heteroatoms. The van der Waals surface area contributed by atoms with Gasteiger partial charge in [-0.3, -0.25) is 4.79 Å². The fraction of sp³-hybridized carbons (Fsp3) is 0.200. The van der Waals surface area contributed by atoms with E-state index in [4.69, 9.17) is 0 Å². The van der Waals surface area contributed by atoms with Gasteiger partial charge in [-0.05, 0) is 55.1 Å². The molecule has 0 bridgehead atoms. The molecule has 0 fully saturated rings. The molecule has 132 valence electrons. The number of likely N-dealkylation sites (N-methyl/N-ethyl adjacent to an activating group) is 1. The number of rotatable bonds is 2. The molecule has 2 aromatic carbocycles. The van der Waals surface area contributed by atoms with Crippen LogP contribution in [-0.4, -0.2) is 34.8 Å². The zero-order chi connectivity index (χ0) is 18.1. The average molecular weight is 350 g/mol. The van der Waals surface area contributed by atoms with Gasteiger partial charge < -0.3 is 9.80 Å². The van der Waals surface area contributed by atoms with E-state index < -0.39 is 0 Å². The van der Waals surface area contributed by atoms with Crippen LogP contribution in [0.4, 0.5) is 15.8 Å². The Bertz CT molecular complexity index is 984.